The lowest BCUT2D eigenvalue weighted by Crippen LogP contribution is -2.08. The van der Waals surface area contributed by atoms with E-state index >= 15 is 0 Å². The molecule has 102 valence electrons. The molecule has 0 saturated carbocycles. The highest BCUT2D eigenvalue weighted by Crippen LogP contribution is 2.20. The third-order valence-electron chi connectivity index (χ3n) is 2.93. The number of fused-ring (bicyclic) bond motifs is 1. The second kappa shape index (κ2) is 5.05. The van der Waals surface area contributed by atoms with E-state index in [4.69, 9.17) is 0 Å². The largest absolute Gasteiger partial charge is 0.478 e. The topological polar surface area (TPSA) is 76.4 Å². The van der Waals surface area contributed by atoms with Gasteiger partial charge in [0.15, 0.2) is 0 Å². The first-order chi connectivity index (χ1) is 8.88. The highest BCUT2D eigenvalue weighted by atomic mass is 32.2. The van der Waals surface area contributed by atoms with Gasteiger partial charge in [0.2, 0.25) is 0 Å². The number of nitrogens with zero attached hydrogens (tertiary/aromatic N) is 1. The van der Waals surface area contributed by atoms with Gasteiger partial charge in [-0.1, -0.05) is 12.1 Å². The highest BCUT2D eigenvalue weighted by molar-refractivity contribution is 7.90. The van der Waals surface area contributed by atoms with E-state index in [-0.39, 0.29) is 11.3 Å². The second-order valence-electron chi connectivity index (χ2n) is 4.54. The van der Waals surface area contributed by atoms with Gasteiger partial charge in [0.1, 0.15) is 9.84 Å². The minimum Gasteiger partial charge on any atom is -0.478 e. The van der Waals surface area contributed by atoms with Crippen LogP contribution in [-0.2, 0) is 16.4 Å². The van der Waals surface area contributed by atoms with E-state index in [2.05, 4.69) is 0 Å². The summed E-state index contributed by atoms with van der Waals surface area (Å²) in [7, 11) is -2.99. The number of benzene rings is 1. The lowest BCUT2D eigenvalue weighted by Gasteiger charge is -2.07. The van der Waals surface area contributed by atoms with Gasteiger partial charge in [-0.05, 0) is 18.6 Å². The summed E-state index contributed by atoms with van der Waals surface area (Å²) in [6.45, 7) is 0.487. The van der Waals surface area contributed by atoms with E-state index in [0.717, 1.165) is 5.39 Å². The molecule has 1 aromatic carbocycles. The molecule has 0 aliphatic rings. The van der Waals surface area contributed by atoms with Crippen LogP contribution in [0.3, 0.4) is 0 Å². The van der Waals surface area contributed by atoms with Gasteiger partial charge < -0.3 is 9.67 Å². The third kappa shape index (κ3) is 3.14. The van der Waals surface area contributed by atoms with Crippen LogP contribution in [0.4, 0.5) is 0 Å². The molecule has 0 unspecified atom stereocenters. The quantitative estimate of drug-likeness (QED) is 0.906. The molecular formula is C13H15NO4S. The van der Waals surface area contributed by atoms with Crippen molar-refractivity contribution in [2.75, 3.05) is 12.0 Å². The van der Waals surface area contributed by atoms with Crippen LogP contribution in [0.25, 0.3) is 10.9 Å². The number of aryl methyl sites for hydroxylation is 1. The van der Waals surface area contributed by atoms with Gasteiger partial charge in [-0.2, -0.15) is 0 Å². The molecule has 0 spiro atoms. The fourth-order valence-electron chi connectivity index (χ4n) is 2.12. The summed E-state index contributed by atoms with van der Waals surface area (Å²) in [5.41, 5.74) is 0.880. The smallest absolute Gasteiger partial charge is 0.337 e. The number of rotatable bonds is 5. The van der Waals surface area contributed by atoms with E-state index in [9.17, 15) is 18.3 Å². The molecule has 2 rings (SSSR count). The molecule has 5 nitrogen and oxygen atoms in total. The van der Waals surface area contributed by atoms with Gasteiger partial charge in [0.25, 0.3) is 0 Å². The molecule has 0 amide bonds. The SMILES string of the molecule is CS(=O)(=O)CCCn1ccc2cccc(C(=O)O)c21. The van der Waals surface area contributed by atoms with E-state index in [1.54, 1.807) is 22.9 Å². The number of aromatic nitrogens is 1. The second-order valence-corrected chi connectivity index (χ2v) is 6.80. The number of aromatic carboxylic acids is 1. The number of carboxylic acid groups (broad SMARTS) is 1. The van der Waals surface area contributed by atoms with Gasteiger partial charge in [-0.3, -0.25) is 0 Å². The minimum atomic E-state index is -2.99. The maximum atomic E-state index is 11.2. The van der Waals surface area contributed by atoms with Crippen molar-refractivity contribution in [3.05, 3.63) is 36.0 Å². The van der Waals surface area contributed by atoms with Crippen LogP contribution in [0.2, 0.25) is 0 Å². The van der Waals surface area contributed by atoms with Crippen molar-refractivity contribution >= 4 is 26.7 Å². The summed E-state index contributed by atoms with van der Waals surface area (Å²) in [6, 6.07) is 6.93. The van der Waals surface area contributed by atoms with E-state index in [1.165, 1.54) is 6.26 Å². The Morgan fingerprint density at radius 3 is 2.68 bits per heavy atom. The maximum absolute atomic E-state index is 11.2. The predicted molar refractivity (Wildman–Crippen MR) is 73.2 cm³/mol. The van der Waals surface area contributed by atoms with Gasteiger partial charge >= 0.3 is 5.97 Å². The van der Waals surface area contributed by atoms with Crippen molar-refractivity contribution in [1.82, 2.24) is 4.57 Å². The number of hydrogen-bond acceptors (Lipinski definition) is 3. The van der Waals surface area contributed by atoms with Crippen LogP contribution in [0.5, 0.6) is 0 Å². The standard InChI is InChI=1S/C13H15NO4S/c1-19(17,18)9-3-7-14-8-6-10-4-2-5-11(12(10)14)13(15)16/h2,4-6,8H,3,7,9H2,1H3,(H,15,16). The van der Waals surface area contributed by atoms with Gasteiger partial charge in [-0.25, -0.2) is 13.2 Å². The van der Waals surface area contributed by atoms with E-state index in [1.807, 2.05) is 12.1 Å². The lowest BCUT2D eigenvalue weighted by molar-refractivity contribution is 0.0698. The Labute approximate surface area is 111 Å². The molecule has 0 aliphatic carbocycles. The Bertz CT molecular complexity index is 715. The van der Waals surface area contributed by atoms with Gasteiger partial charge in [-0.15, -0.1) is 0 Å². The highest BCUT2D eigenvalue weighted by Gasteiger charge is 2.12. The van der Waals surface area contributed by atoms with Gasteiger partial charge in [0, 0.05) is 24.4 Å². The Balaban J connectivity index is 2.31. The first kappa shape index (κ1) is 13.6. The number of sulfone groups is 1. The summed E-state index contributed by atoms with van der Waals surface area (Å²) in [6.07, 6.45) is 3.46. The normalized spacial score (nSPS) is 11.8. The summed E-state index contributed by atoms with van der Waals surface area (Å²) < 4.78 is 24.0. The first-order valence-electron chi connectivity index (χ1n) is 5.87. The van der Waals surface area contributed by atoms with E-state index in [0.29, 0.717) is 18.5 Å². The molecule has 0 saturated heterocycles. The zero-order valence-corrected chi connectivity index (χ0v) is 11.4. The van der Waals surface area contributed by atoms with Crippen molar-refractivity contribution < 1.29 is 18.3 Å². The molecule has 1 N–H and O–H groups in total. The fourth-order valence-corrected chi connectivity index (χ4v) is 2.77. The average molecular weight is 281 g/mol. The Hall–Kier alpha value is -1.82. The monoisotopic (exact) mass is 281 g/mol. The average Bonchev–Trinajstić information content (AvgIpc) is 2.70. The minimum absolute atomic E-state index is 0.0991. The number of para-hydroxylation sites is 1. The summed E-state index contributed by atoms with van der Waals surface area (Å²) in [4.78, 5) is 11.2. The van der Waals surface area contributed by atoms with Crippen molar-refractivity contribution in [2.24, 2.45) is 0 Å². The molecular weight excluding hydrogens is 266 g/mol. The van der Waals surface area contributed by atoms with E-state index < -0.39 is 15.8 Å². The number of carboxylic acids is 1. The molecule has 0 radical (unpaired) electrons. The zero-order chi connectivity index (χ0) is 14.0. The summed E-state index contributed by atoms with van der Waals surface area (Å²) in [5.74, 6) is -0.879. The molecule has 0 bridgehead atoms. The number of hydrogen-bond donors (Lipinski definition) is 1. The van der Waals surface area contributed by atoms with Crippen LogP contribution in [0.1, 0.15) is 16.8 Å². The van der Waals surface area contributed by atoms with Crippen LogP contribution < -0.4 is 0 Å². The first-order valence-corrected chi connectivity index (χ1v) is 7.93. The Morgan fingerprint density at radius 2 is 2.05 bits per heavy atom. The van der Waals surface area contributed by atoms with Crippen LogP contribution in [-0.4, -0.2) is 36.1 Å². The fraction of sp³-hybridized carbons (Fsp3) is 0.308. The summed E-state index contributed by atoms with van der Waals surface area (Å²) in [5, 5.41) is 10.0. The Kier molecular flexibility index (Phi) is 3.61. The van der Waals surface area contributed by atoms with Crippen molar-refractivity contribution in [2.45, 2.75) is 13.0 Å². The molecule has 0 aliphatic heterocycles. The van der Waals surface area contributed by atoms with Gasteiger partial charge in [0.05, 0.1) is 16.8 Å². The lowest BCUT2D eigenvalue weighted by atomic mass is 10.1. The summed E-state index contributed by atoms with van der Waals surface area (Å²) >= 11 is 0. The maximum Gasteiger partial charge on any atom is 0.337 e. The molecule has 19 heavy (non-hydrogen) atoms. The molecule has 1 heterocycles. The Morgan fingerprint density at radius 1 is 1.32 bits per heavy atom. The van der Waals surface area contributed by atoms with Crippen LogP contribution in [0, 0.1) is 0 Å². The van der Waals surface area contributed by atoms with Crippen LogP contribution >= 0.6 is 0 Å². The molecule has 6 heteroatoms. The third-order valence-corrected chi connectivity index (χ3v) is 3.96. The number of carbonyl (C=O) groups is 1. The van der Waals surface area contributed by atoms with Crippen molar-refractivity contribution in [3.63, 3.8) is 0 Å². The van der Waals surface area contributed by atoms with Crippen molar-refractivity contribution in [1.29, 1.82) is 0 Å². The predicted octanol–water partition coefficient (Wildman–Crippen LogP) is 1.77. The zero-order valence-electron chi connectivity index (χ0n) is 10.5. The molecule has 2 aromatic rings. The van der Waals surface area contributed by atoms with Crippen LogP contribution in [0.15, 0.2) is 30.5 Å². The molecule has 0 fully saturated rings. The molecule has 0 atom stereocenters. The molecule has 1 aromatic heterocycles. The van der Waals surface area contributed by atoms with Crippen molar-refractivity contribution in [3.8, 4) is 0 Å².